The maximum atomic E-state index is 12.5. The third-order valence-electron chi connectivity index (χ3n) is 3.85. The smallest absolute Gasteiger partial charge is 0.227 e. The SMILES string of the molecule is Cc1ccc(CC(=O)N2CCCCCC2CBr)cc1. The van der Waals surface area contributed by atoms with Gasteiger partial charge in [-0.05, 0) is 25.3 Å². The molecule has 0 aromatic heterocycles. The molecule has 19 heavy (non-hydrogen) atoms. The Labute approximate surface area is 124 Å². The van der Waals surface area contributed by atoms with Crippen LogP contribution in [0, 0.1) is 6.92 Å². The minimum atomic E-state index is 0.273. The average molecular weight is 324 g/mol. The third-order valence-corrected chi connectivity index (χ3v) is 4.60. The summed E-state index contributed by atoms with van der Waals surface area (Å²) in [5, 5.41) is 0.895. The molecule has 0 radical (unpaired) electrons. The van der Waals surface area contributed by atoms with Gasteiger partial charge in [0.2, 0.25) is 5.91 Å². The molecular weight excluding hydrogens is 302 g/mol. The number of alkyl halides is 1. The zero-order valence-electron chi connectivity index (χ0n) is 11.6. The van der Waals surface area contributed by atoms with Gasteiger partial charge in [-0.2, -0.15) is 0 Å². The topological polar surface area (TPSA) is 20.3 Å². The van der Waals surface area contributed by atoms with E-state index >= 15 is 0 Å². The Bertz CT molecular complexity index is 415. The zero-order valence-corrected chi connectivity index (χ0v) is 13.2. The molecule has 1 aromatic rings. The van der Waals surface area contributed by atoms with Crippen molar-refractivity contribution in [1.29, 1.82) is 0 Å². The quantitative estimate of drug-likeness (QED) is 0.776. The number of carbonyl (C=O) groups is 1. The first-order chi connectivity index (χ1) is 9.20. The lowest BCUT2D eigenvalue weighted by Gasteiger charge is -2.29. The molecule has 0 N–H and O–H groups in total. The van der Waals surface area contributed by atoms with Crippen molar-refractivity contribution in [2.24, 2.45) is 0 Å². The fourth-order valence-corrected chi connectivity index (χ4v) is 3.32. The molecular formula is C16H22BrNO. The van der Waals surface area contributed by atoms with Gasteiger partial charge in [-0.25, -0.2) is 0 Å². The fraction of sp³-hybridized carbons (Fsp3) is 0.562. The molecule has 1 amide bonds. The van der Waals surface area contributed by atoms with Gasteiger partial charge in [-0.3, -0.25) is 4.79 Å². The summed E-state index contributed by atoms with van der Waals surface area (Å²) in [6.07, 6.45) is 5.29. The van der Waals surface area contributed by atoms with Crippen molar-refractivity contribution in [2.45, 2.75) is 45.1 Å². The van der Waals surface area contributed by atoms with Crippen molar-refractivity contribution >= 4 is 21.8 Å². The molecule has 1 aliphatic heterocycles. The average Bonchev–Trinajstić information content (AvgIpc) is 2.66. The van der Waals surface area contributed by atoms with Gasteiger partial charge >= 0.3 is 0 Å². The van der Waals surface area contributed by atoms with E-state index in [2.05, 4.69) is 52.0 Å². The molecule has 1 saturated heterocycles. The van der Waals surface area contributed by atoms with Crippen LogP contribution in [-0.2, 0) is 11.2 Å². The van der Waals surface area contributed by atoms with Crippen LogP contribution >= 0.6 is 15.9 Å². The molecule has 1 aromatic carbocycles. The molecule has 1 fully saturated rings. The molecule has 0 bridgehead atoms. The maximum absolute atomic E-state index is 12.5. The molecule has 1 unspecified atom stereocenters. The van der Waals surface area contributed by atoms with Crippen LogP contribution in [0.4, 0.5) is 0 Å². The fourth-order valence-electron chi connectivity index (χ4n) is 2.65. The first-order valence-corrected chi connectivity index (χ1v) is 8.24. The lowest BCUT2D eigenvalue weighted by molar-refractivity contribution is -0.132. The van der Waals surface area contributed by atoms with Gasteiger partial charge in [0.25, 0.3) is 0 Å². The van der Waals surface area contributed by atoms with Crippen LogP contribution in [0.25, 0.3) is 0 Å². The maximum Gasteiger partial charge on any atom is 0.227 e. The summed E-state index contributed by atoms with van der Waals surface area (Å²) in [6.45, 7) is 2.99. The predicted octanol–water partition coefficient (Wildman–Crippen LogP) is 3.70. The van der Waals surface area contributed by atoms with Gasteiger partial charge in [0, 0.05) is 17.9 Å². The highest BCUT2D eigenvalue weighted by atomic mass is 79.9. The highest BCUT2D eigenvalue weighted by Gasteiger charge is 2.24. The molecule has 3 heteroatoms. The van der Waals surface area contributed by atoms with E-state index in [-0.39, 0.29) is 5.91 Å². The number of hydrogen-bond acceptors (Lipinski definition) is 1. The highest BCUT2D eigenvalue weighted by molar-refractivity contribution is 9.09. The van der Waals surface area contributed by atoms with E-state index in [1.54, 1.807) is 0 Å². The summed E-state index contributed by atoms with van der Waals surface area (Å²) in [5.41, 5.74) is 2.36. The molecule has 2 rings (SSSR count). The summed E-state index contributed by atoms with van der Waals surface area (Å²) in [6, 6.07) is 8.66. The predicted molar refractivity (Wildman–Crippen MR) is 82.6 cm³/mol. The van der Waals surface area contributed by atoms with Crippen LogP contribution in [0.5, 0.6) is 0 Å². The molecule has 0 aliphatic carbocycles. The normalized spacial score (nSPS) is 20.1. The monoisotopic (exact) mass is 323 g/mol. The number of hydrogen-bond donors (Lipinski definition) is 0. The number of halogens is 1. The Morgan fingerprint density at radius 1 is 1.26 bits per heavy atom. The summed E-state index contributed by atoms with van der Waals surface area (Å²) >= 11 is 3.56. The number of amides is 1. The molecule has 0 saturated carbocycles. The minimum Gasteiger partial charge on any atom is -0.339 e. The minimum absolute atomic E-state index is 0.273. The van der Waals surface area contributed by atoms with E-state index in [0.29, 0.717) is 12.5 Å². The van der Waals surface area contributed by atoms with Gasteiger partial charge in [0.05, 0.1) is 6.42 Å². The summed E-state index contributed by atoms with van der Waals surface area (Å²) < 4.78 is 0. The molecule has 1 heterocycles. The van der Waals surface area contributed by atoms with Crippen molar-refractivity contribution in [1.82, 2.24) is 4.90 Å². The number of rotatable bonds is 3. The van der Waals surface area contributed by atoms with Gasteiger partial charge in [0.1, 0.15) is 0 Å². The van der Waals surface area contributed by atoms with E-state index in [9.17, 15) is 4.79 Å². The van der Waals surface area contributed by atoms with Crippen LogP contribution in [0.2, 0.25) is 0 Å². The second-order valence-electron chi connectivity index (χ2n) is 5.41. The molecule has 104 valence electrons. The van der Waals surface area contributed by atoms with Crippen molar-refractivity contribution in [2.75, 3.05) is 11.9 Å². The van der Waals surface area contributed by atoms with Gasteiger partial charge < -0.3 is 4.90 Å². The molecule has 2 nitrogen and oxygen atoms in total. The van der Waals surface area contributed by atoms with E-state index in [4.69, 9.17) is 0 Å². The van der Waals surface area contributed by atoms with Crippen LogP contribution in [0.3, 0.4) is 0 Å². The first-order valence-electron chi connectivity index (χ1n) is 7.11. The molecule has 1 aliphatic rings. The van der Waals surface area contributed by atoms with Crippen LogP contribution in [0.15, 0.2) is 24.3 Å². The van der Waals surface area contributed by atoms with Gasteiger partial charge in [-0.15, -0.1) is 0 Å². The standard InChI is InChI=1S/C16H22BrNO/c1-13-6-8-14(9-7-13)11-16(19)18-10-4-2-3-5-15(18)12-17/h6-9,15H,2-5,10-12H2,1H3. The van der Waals surface area contributed by atoms with Crippen molar-refractivity contribution in [3.05, 3.63) is 35.4 Å². The van der Waals surface area contributed by atoms with Gasteiger partial charge in [0.15, 0.2) is 0 Å². The molecule has 1 atom stereocenters. The lowest BCUT2D eigenvalue weighted by Crippen LogP contribution is -2.41. The van der Waals surface area contributed by atoms with Gasteiger partial charge in [-0.1, -0.05) is 58.6 Å². The number of nitrogens with zero attached hydrogens (tertiary/aromatic N) is 1. The van der Waals surface area contributed by atoms with Crippen molar-refractivity contribution < 1.29 is 4.79 Å². The number of aryl methyl sites for hydroxylation is 1. The van der Waals surface area contributed by atoms with E-state index in [1.807, 2.05) is 0 Å². The number of benzene rings is 1. The second-order valence-corrected chi connectivity index (χ2v) is 6.05. The summed E-state index contributed by atoms with van der Waals surface area (Å²) in [5.74, 6) is 0.273. The van der Waals surface area contributed by atoms with Crippen LogP contribution in [-0.4, -0.2) is 28.7 Å². The van der Waals surface area contributed by atoms with E-state index < -0.39 is 0 Å². The lowest BCUT2D eigenvalue weighted by atomic mass is 10.1. The van der Waals surface area contributed by atoms with E-state index in [0.717, 1.165) is 30.3 Å². The Morgan fingerprint density at radius 2 is 2.00 bits per heavy atom. The Morgan fingerprint density at radius 3 is 2.68 bits per heavy atom. The van der Waals surface area contributed by atoms with Crippen molar-refractivity contribution in [3.8, 4) is 0 Å². The largest absolute Gasteiger partial charge is 0.339 e. The Hall–Kier alpha value is -0.830. The van der Waals surface area contributed by atoms with Crippen LogP contribution < -0.4 is 0 Å². The Balaban J connectivity index is 2.02. The second kappa shape index (κ2) is 7.09. The molecule has 0 spiro atoms. The number of carbonyl (C=O) groups excluding carboxylic acids is 1. The summed E-state index contributed by atoms with van der Waals surface area (Å²) in [7, 11) is 0. The summed E-state index contributed by atoms with van der Waals surface area (Å²) in [4.78, 5) is 14.6. The highest BCUT2D eigenvalue weighted by Crippen LogP contribution is 2.19. The zero-order chi connectivity index (χ0) is 13.7. The van der Waals surface area contributed by atoms with E-state index in [1.165, 1.54) is 18.4 Å². The number of likely N-dealkylation sites (tertiary alicyclic amines) is 1. The van der Waals surface area contributed by atoms with Crippen LogP contribution in [0.1, 0.15) is 36.8 Å². The first kappa shape index (κ1) is 14.6. The third kappa shape index (κ3) is 4.07. The van der Waals surface area contributed by atoms with Crippen molar-refractivity contribution in [3.63, 3.8) is 0 Å². The Kier molecular flexibility index (Phi) is 5.44.